The molecule has 2 amide bonds. The third-order valence-corrected chi connectivity index (χ3v) is 8.00. The summed E-state index contributed by atoms with van der Waals surface area (Å²) in [4.78, 5) is 55.4. The first kappa shape index (κ1) is 24.4. The number of hydrogen-bond donors (Lipinski definition) is 3. The Morgan fingerprint density at radius 1 is 1.03 bits per heavy atom. The molecule has 35 heavy (non-hydrogen) atoms. The zero-order valence-electron chi connectivity index (χ0n) is 18.5. The average molecular weight is 506 g/mol. The number of likely N-dealkylation sites (N-methyl/N-ethyl adjacent to an activating group) is 1. The number of amides is 2. The monoisotopic (exact) mass is 505 g/mol. The van der Waals surface area contributed by atoms with Crippen molar-refractivity contribution in [3.8, 4) is 5.75 Å². The normalized spacial score (nSPS) is 27.9. The standard InChI is InChI=1S/C22H23N3O9S/c1-25(16-4-2-3-9-23-16)10-11-32-14-7-5-13(6-8-14)12-15-19(28)24-22(31)35(15)33-20(29)17(26)18(27)21(30)34-35/h2-9,15,17-18,26-27H,10-12H2,1H3,(H,24,28,31). The van der Waals surface area contributed by atoms with Crippen molar-refractivity contribution in [2.24, 2.45) is 0 Å². The summed E-state index contributed by atoms with van der Waals surface area (Å²) in [5, 5.41) is 19.0. The number of aliphatic hydroxyl groups is 2. The van der Waals surface area contributed by atoms with Crippen molar-refractivity contribution in [2.45, 2.75) is 23.9 Å². The number of pyridine rings is 1. The van der Waals surface area contributed by atoms with E-state index in [-0.39, 0.29) is 6.42 Å². The fourth-order valence-corrected chi connectivity index (χ4v) is 5.82. The van der Waals surface area contributed by atoms with Gasteiger partial charge in [-0.15, -0.1) is 0 Å². The zero-order valence-corrected chi connectivity index (χ0v) is 19.3. The molecule has 0 saturated carbocycles. The lowest BCUT2D eigenvalue weighted by Gasteiger charge is -2.36. The van der Waals surface area contributed by atoms with E-state index in [2.05, 4.69) is 4.98 Å². The van der Waals surface area contributed by atoms with Crippen LogP contribution in [-0.2, 0) is 29.2 Å². The van der Waals surface area contributed by atoms with E-state index in [0.717, 1.165) is 5.82 Å². The van der Waals surface area contributed by atoms with E-state index in [1.165, 1.54) is 0 Å². The van der Waals surface area contributed by atoms with Crippen LogP contribution in [0.4, 0.5) is 10.6 Å². The van der Waals surface area contributed by atoms with Gasteiger partial charge in [0.15, 0.2) is 17.5 Å². The van der Waals surface area contributed by atoms with Gasteiger partial charge in [0.1, 0.15) is 18.2 Å². The summed E-state index contributed by atoms with van der Waals surface area (Å²) in [6, 6.07) is 12.3. The van der Waals surface area contributed by atoms with E-state index in [1.807, 2.05) is 35.5 Å². The maximum atomic E-state index is 12.5. The number of imide groups is 1. The third-order valence-electron chi connectivity index (χ3n) is 5.42. The quantitative estimate of drug-likeness (QED) is 0.471. The molecule has 0 radical (unpaired) electrons. The summed E-state index contributed by atoms with van der Waals surface area (Å²) in [5.74, 6) is -2.27. The summed E-state index contributed by atoms with van der Waals surface area (Å²) >= 11 is 0. The van der Waals surface area contributed by atoms with Gasteiger partial charge >= 0.3 is 17.2 Å². The topological polar surface area (TPSA) is 165 Å². The molecule has 2 aliphatic heterocycles. The first-order valence-corrected chi connectivity index (χ1v) is 12.1. The maximum Gasteiger partial charge on any atom is 0.361 e. The average Bonchev–Trinajstić information content (AvgIpc) is 3.02. The fourth-order valence-electron chi connectivity index (χ4n) is 3.46. The smallest absolute Gasteiger partial charge is 0.361 e. The van der Waals surface area contributed by atoms with Crippen molar-refractivity contribution in [3.63, 3.8) is 0 Å². The number of nitrogens with zero attached hydrogens (tertiary/aromatic N) is 2. The molecular weight excluding hydrogens is 482 g/mol. The predicted octanol–water partition coefficient (Wildman–Crippen LogP) is 0.214. The van der Waals surface area contributed by atoms with Crippen molar-refractivity contribution in [1.29, 1.82) is 0 Å². The first-order chi connectivity index (χ1) is 16.7. The number of anilines is 1. The number of aromatic nitrogens is 1. The highest BCUT2D eigenvalue weighted by molar-refractivity contribution is 8.40. The molecule has 4 rings (SSSR count). The number of aliphatic hydroxyl groups excluding tert-OH is 2. The van der Waals surface area contributed by atoms with Crippen LogP contribution in [0.3, 0.4) is 0 Å². The lowest BCUT2D eigenvalue weighted by atomic mass is 10.1. The van der Waals surface area contributed by atoms with Crippen molar-refractivity contribution in [2.75, 3.05) is 25.1 Å². The highest BCUT2D eigenvalue weighted by Crippen LogP contribution is 2.60. The Balaban J connectivity index is 1.42. The predicted molar refractivity (Wildman–Crippen MR) is 122 cm³/mol. The summed E-state index contributed by atoms with van der Waals surface area (Å²) < 4.78 is 15.8. The Hall–Kier alpha value is -3.68. The molecule has 186 valence electrons. The largest absolute Gasteiger partial charge is 0.492 e. The number of ether oxygens (including phenoxy) is 1. The molecule has 1 aromatic carbocycles. The van der Waals surface area contributed by atoms with E-state index < -0.39 is 51.1 Å². The molecule has 1 spiro atoms. The molecule has 2 fully saturated rings. The van der Waals surface area contributed by atoms with Gasteiger partial charge in [-0.2, -0.15) is 0 Å². The number of hydrogen-bond acceptors (Lipinski definition) is 11. The number of nitrogens with one attached hydrogen (secondary N) is 1. The molecule has 3 N–H and O–H groups in total. The van der Waals surface area contributed by atoms with Gasteiger partial charge in [0, 0.05) is 19.7 Å². The highest BCUT2D eigenvalue weighted by atomic mass is 32.3. The van der Waals surface area contributed by atoms with Gasteiger partial charge in [0.05, 0.1) is 6.54 Å². The van der Waals surface area contributed by atoms with E-state index >= 15 is 0 Å². The van der Waals surface area contributed by atoms with E-state index in [9.17, 15) is 29.4 Å². The number of carbonyl (C=O) groups excluding carboxylic acids is 4. The maximum absolute atomic E-state index is 12.5. The molecule has 3 heterocycles. The minimum atomic E-state index is -3.75. The van der Waals surface area contributed by atoms with Crippen LogP contribution in [0.2, 0.25) is 0 Å². The highest BCUT2D eigenvalue weighted by Gasteiger charge is 2.58. The summed E-state index contributed by atoms with van der Waals surface area (Å²) in [6.07, 6.45) is -2.86. The van der Waals surface area contributed by atoms with Crippen molar-refractivity contribution < 1.29 is 42.5 Å². The van der Waals surface area contributed by atoms with Crippen LogP contribution in [0.25, 0.3) is 0 Å². The number of benzene rings is 1. The Labute approximate surface area is 201 Å². The zero-order chi connectivity index (χ0) is 25.2. The fraction of sp³-hybridized carbons (Fsp3) is 0.318. The summed E-state index contributed by atoms with van der Waals surface area (Å²) in [6.45, 7) is 0.971. The minimum Gasteiger partial charge on any atom is -0.492 e. The van der Waals surface area contributed by atoms with Crippen molar-refractivity contribution >= 4 is 39.5 Å². The van der Waals surface area contributed by atoms with Crippen LogP contribution in [0.15, 0.2) is 48.7 Å². The minimum absolute atomic E-state index is 0.109. The second-order valence-corrected chi connectivity index (χ2v) is 10.2. The van der Waals surface area contributed by atoms with E-state index in [0.29, 0.717) is 24.5 Å². The Morgan fingerprint density at radius 3 is 2.29 bits per heavy atom. The van der Waals surface area contributed by atoms with E-state index in [1.54, 1.807) is 30.5 Å². The van der Waals surface area contributed by atoms with Gasteiger partial charge in [-0.1, -0.05) is 18.2 Å². The second-order valence-electron chi connectivity index (χ2n) is 7.81. The van der Waals surface area contributed by atoms with Crippen LogP contribution in [0.1, 0.15) is 5.56 Å². The van der Waals surface area contributed by atoms with Gasteiger partial charge in [-0.05, 0) is 40.4 Å². The molecule has 3 unspecified atom stereocenters. The molecule has 2 aliphatic rings. The molecule has 1 aromatic heterocycles. The Kier molecular flexibility index (Phi) is 6.91. The van der Waals surface area contributed by atoms with Crippen LogP contribution in [0.5, 0.6) is 5.75 Å². The molecule has 2 aromatic rings. The van der Waals surface area contributed by atoms with Crippen LogP contribution < -0.4 is 15.0 Å². The number of carbonyl (C=O) groups is 4. The summed E-state index contributed by atoms with van der Waals surface area (Å²) in [5.41, 5.74) is 0.571. The first-order valence-electron chi connectivity index (χ1n) is 10.5. The molecule has 0 aliphatic carbocycles. The molecule has 3 atom stereocenters. The van der Waals surface area contributed by atoms with Crippen LogP contribution >= 0.6 is 10.6 Å². The van der Waals surface area contributed by atoms with Gasteiger partial charge in [0.2, 0.25) is 0 Å². The molecule has 13 heteroatoms. The van der Waals surface area contributed by atoms with Gasteiger partial charge in [-0.3, -0.25) is 10.1 Å². The molecule has 0 bridgehead atoms. The lowest BCUT2D eigenvalue weighted by molar-refractivity contribution is -0.156. The van der Waals surface area contributed by atoms with Crippen molar-refractivity contribution in [3.05, 3.63) is 54.2 Å². The van der Waals surface area contributed by atoms with Gasteiger partial charge in [-0.25, -0.2) is 19.4 Å². The van der Waals surface area contributed by atoms with Crippen LogP contribution in [0, 0.1) is 0 Å². The number of rotatable bonds is 7. The van der Waals surface area contributed by atoms with Gasteiger partial charge in [0.25, 0.3) is 5.91 Å². The molecule has 2 saturated heterocycles. The Bertz CT molecular complexity index is 1110. The molecular formula is C22H23N3O9S. The SMILES string of the molecule is CN(CCOc1ccc(CC2C(=O)NC(=O)S23OC(=O)C(O)C(O)C(=O)O3)cc1)c1ccccn1. The molecule has 12 nitrogen and oxygen atoms in total. The second kappa shape index (κ2) is 9.90. The summed E-state index contributed by atoms with van der Waals surface area (Å²) in [7, 11) is -1.86. The van der Waals surface area contributed by atoms with E-state index in [4.69, 9.17) is 13.1 Å². The van der Waals surface area contributed by atoms with Crippen LogP contribution in [-0.4, -0.2) is 75.9 Å². The Morgan fingerprint density at radius 2 is 1.69 bits per heavy atom. The van der Waals surface area contributed by atoms with Crippen molar-refractivity contribution in [1.82, 2.24) is 10.3 Å². The third kappa shape index (κ3) is 4.92. The van der Waals surface area contributed by atoms with Gasteiger partial charge < -0.3 is 28.2 Å². The lowest BCUT2D eigenvalue weighted by Crippen LogP contribution is -2.38.